The summed E-state index contributed by atoms with van der Waals surface area (Å²) in [6.45, 7) is 1.08. The average molecular weight is 315 g/mol. The fourth-order valence-electron chi connectivity index (χ4n) is 2.61. The minimum atomic E-state index is -0.0204. The Hall–Kier alpha value is -2.25. The van der Waals surface area contributed by atoms with Gasteiger partial charge in [0.2, 0.25) is 5.91 Å². The summed E-state index contributed by atoms with van der Waals surface area (Å²) in [5, 5.41) is 9.78. The largest absolute Gasteiger partial charge is 0.378 e. The zero-order valence-corrected chi connectivity index (χ0v) is 12.9. The van der Waals surface area contributed by atoms with Gasteiger partial charge >= 0.3 is 0 Å². The summed E-state index contributed by atoms with van der Waals surface area (Å²) in [5.74, 6) is 1.22. The molecule has 1 aliphatic rings. The summed E-state index contributed by atoms with van der Waals surface area (Å²) in [4.78, 5) is 16.3. The summed E-state index contributed by atoms with van der Waals surface area (Å²) < 4.78 is 5.59. The minimum absolute atomic E-state index is 0.0204. The zero-order chi connectivity index (χ0) is 16.1. The Morgan fingerprint density at radius 3 is 2.83 bits per heavy atom. The molecule has 1 fully saturated rings. The number of carbonyl (C=O) groups is 1. The lowest BCUT2D eigenvalue weighted by molar-refractivity contribution is -0.119. The highest BCUT2D eigenvalue weighted by Gasteiger charge is 2.17. The number of H-pyrrole nitrogens is 1. The first-order chi connectivity index (χ1) is 11.2. The number of nitrogens with one attached hydrogen (secondary N) is 2. The van der Waals surface area contributed by atoms with Crippen LogP contribution in [0.3, 0.4) is 0 Å². The van der Waals surface area contributed by atoms with Gasteiger partial charge in [0.15, 0.2) is 5.82 Å². The van der Waals surface area contributed by atoms with Gasteiger partial charge in [0.1, 0.15) is 5.82 Å². The van der Waals surface area contributed by atoms with Crippen LogP contribution in [0.2, 0.25) is 0 Å². The molecule has 7 nitrogen and oxygen atoms in total. The van der Waals surface area contributed by atoms with E-state index in [1.165, 1.54) is 0 Å². The average Bonchev–Trinajstić information content (AvgIpc) is 3.05. The Labute approximate surface area is 134 Å². The minimum Gasteiger partial charge on any atom is -0.378 e. The molecular weight excluding hydrogens is 294 g/mol. The summed E-state index contributed by atoms with van der Waals surface area (Å²) >= 11 is 0. The number of nitrogens with zero attached hydrogens (tertiary/aromatic N) is 2. The highest BCUT2D eigenvalue weighted by Crippen LogP contribution is 2.19. The van der Waals surface area contributed by atoms with Crippen molar-refractivity contribution in [3.8, 4) is 11.4 Å². The molecule has 1 aromatic heterocycles. The van der Waals surface area contributed by atoms with Crippen molar-refractivity contribution in [2.24, 2.45) is 5.73 Å². The Morgan fingerprint density at radius 1 is 1.35 bits per heavy atom. The van der Waals surface area contributed by atoms with Crippen LogP contribution in [-0.2, 0) is 16.1 Å². The van der Waals surface area contributed by atoms with Gasteiger partial charge in [-0.25, -0.2) is 4.98 Å². The van der Waals surface area contributed by atoms with Gasteiger partial charge in [-0.1, -0.05) is 0 Å². The van der Waals surface area contributed by atoms with E-state index in [2.05, 4.69) is 20.5 Å². The molecule has 0 bridgehead atoms. The number of hydrogen-bond donors (Lipinski definition) is 3. The number of nitrogens with two attached hydrogens (primary N) is 1. The molecular formula is C16H21N5O2. The summed E-state index contributed by atoms with van der Waals surface area (Å²) in [7, 11) is 0. The molecule has 2 heterocycles. The Bertz CT molecular complexity index is 647. The zero-order valence-electron chi connectivity index (χ0n) is 12.9. The van der Waals surface area contributed by atoms with Gasteiger partial charge in [0, 0.05) is 17.9 Å². The van der Waals surface area contributed by atoms with Crippen LogP contribution >= 0.6 is 0 Å². The second-order valence-electron chi connectivity index (χ2n) is 5.63. The highest BCUT2D eigenvalue weighted by atomic mass is 16.5. The van der Waals surface area contributed by atoms with Gasteiger partial charge in [-0.3, -0.25) is 9.89 Å². The molecule has 0 radical (unpaired) electrons. The first-order valence-corrected chi connectivity index (χ1v) is 7.88. The monoisotopic (exact) mass is 315 g/mol. The van der Waals surface area contributed by atoms with Gasteiger partial charge < -0.3 is 15.8 Å². The number of benzene rings is 1. The first-order valence-electron chi connectivity index (χ1n) is 7.88. The van der Waals surface area contributed by atoms with Crippen molar-refractivity contribution in [2.75, 3.05) is 11.9 Å². The lowest BCUT2D eigenvalue weighted by Gasteiger charge is -2.21. The van der Waals surface area contributed by atoms with Gasteiger partial charge in [-0.15, -0.1) is 0 Å². The van der Waals surface area contributed by atoms with Gasteiger partial charge in [0.05, 0.1) is 19.1 Å². The molecule has 1 amide bonds. The van der Waals surface area contributed by atoms with Crippen molar-refractivity contribution in [2.45, 2.75) is 38.3 Å². The highest BCUT2D eigenvalue weighted by molar-refractivity contribution is 5.91. The maximum Gasteiger partial charge on any atom is 0.226 e. The molecule has 1 atom stereocenters. The molecule has 4 N–H and O–H groups in total. The molecule has 0 aliphatic carbocycles. The first kappa shape index (κ1) is 15.6. The van der Waals surface area contributed by atoms with Crippen LogP contribution in [0.15, 0.2) is 24.3 Å². The van der Waals surface area contributed by atoms with E-state index >= 15 is 0 Å². The van der Waals surface area contributed by atoms with Crippen molar-refractivity contribution in [1.82, 2.24) is 15.2 Å². The van der Waals surface area contributed by atoms with E-state index in [-0.39, 0.29) is 12.0 Å². The fourth-order valence-corrected chi connectivity index (χ4v) is 2.61. The summed E-state index contributed by atoms with van der Waals surface area (Å²) in [5.41, 5.74) is 7.13. The molecule has 1 saturated heterocycles. The molecule has 1 aromatic carbocycles. The lowest BCUT2D eigenvalue weighted by Crippen LogP contribution is -2.25. The van der Waals surface area contributed by atoms with E-state index in [1.807, 2.05) is 24.3 Å². The SMILES string of the molecule is NCc1nc(-c2ccc(NC(=O)CC3CCCCO3)cc2)n[nH]1. The normalized spacial score (nSPS) is 17.9. The second kappa shape index (κ2) is 7.34. The number of anilines is 1. The topological polar surface area (TPSA) is 106 Å². The summed E-state index contributed by atoms with van der Waals surface area (Å²) in [6, 6.07) is 7.42. The molecule has 122 valence electrons. The third-order valence-electron chi connectivity index (χ3n) is 3.84. The summed E-state index contributed by atoms with van der Waals surface area (Å²) in [6.07, 6.45) is 3.63. The standard InChI is InChI=1S/C16H21N5O2/c17-10-14-19-16(21-20-14)11-4-6-12(7-5-11)18-15(22)9-13-3-1-2-8-23-13/h4-7,13H,1-3,8-10,17H2,(H,18,22)(H,19,20,21). The van der Waals surface area contributed by atoms with Crippen molar-refractivity contribution >= 4 is 11.6 Å². The molecule has 1 unspecified atom stereocenters. The smallest absolute Gasteiger partial charge is 0.226 e. The molecule has 0 saturated carbocycles. The van der Waals surface area contributed by atoms with Crippen molar-refractivity contribution in [3.63, 3.8) is 0 Å². The van der Waals surface area contributed by atoms with Crippen LogP contribution in [0.1, 0.15) is 31.5 Å². The second-order valence-corrected chi connectivity index (χ2v) is 5.63. The van der Waals surface area contributed by atoms with Crippen LogP contribution in [0.5, 0.6) is 0 Å². The van der Waals surface area contributed by atoms with E-state index in [9.17, 15) is 4.79 Å². The number of hydrogen-bond acceptors (Lipinski definition) is 5. The molecule has 1 aliphatic heterocycles. The number of carbonyl (C=O) groups excluding carboxylic acids is 1. The van der Waals surface area contributed by atoms with Crippen molar-refractivity contribution in [1.29, 1.82) is 0 Å². The third-order valence-corrected chi connectivity index (χ3v) is 3.84. The molecule has 23 heavy (non-hydrogen) atoms. The van der Waals surface area contributed by atoms with E-state index in [4.69, 9.17) is 10.5 Å². The van der Waals surface area contributed by atoms with E-state index in [0.29, 0.717) is 24.6 Å². The molecule has 2 aromatic rings. The molecule has 0 spiro atoms. The number of aromatic amines is 1. The van der Waals surface area contributed by atoms with E-state index < -0.39 is 0 Å². The van der Waals surface area contributed by atoms with Gasteiger partial charge in [-0.2, -0.15) is 5.10 Å². The number of rotatable bonds is 5. The lowest BCUT2D eigenvalue weighted by atomic mass is 10.1. The number of ether oxygens (including phenoxy) is 1. The van der Waals surface area contributed by atoms with E-state index in [0.717, 1.165) is 37.1 Å². The predicted octanol–water partition coefficient (Wildman–Crippen LogP) is 1.83. The maximum atomic E-state index is 12.0. The van der Waals surface area contributed by atoms with Gasteiger partial charge in [0.25, 0.3) is 0 Å². The van der Waals surface area contributed by atoms with Crippen molar-refractivity contribution < 1.29 is 9.53 Å². The number of amides is 1. The maximum absolute atomic E-state index is 12.0. The Kier molecular flexibility index (Phi) is 4.99. The van der Waals surface area contributed by atoms with Crippen LogP contribution in [0, 0.1) is 0 Å². The van der Waals surface area contributed by atoms with Crippen LogP contribution in [0.4, 0.5) is 5.69 Å². The Balaban J connectivity index is 1.57. The Morgan fingerprint density at radius 2 is 2.17 bits per heavy atom. The number of aromatic nitrogens is 3. The fraction of sp³-hybridized carbons (Fsp3) is 0.438. The van der Waals surface area contributed by atoms with Crippen LogP contribution in [0.25, 0.3) is 11.4 Å². The van der Waals surface area contributed by atoms with Gasteiger partial charge in [-0.05, 0) is 43.5 Å². The predicted molar refractivity (Wildman–Crippen MR) is 86.5 cm³/mol. The van der Waals surface area contributed by atoms with E-state index in [1.54, 1.807) is 0 Å². The van der Waals surface area contributed by atoms with Crippen molar-refractivity contribution in [3.05, 3.63) is 30.1 Å². The third kappa shape index (κ3) is 4.14. The van der Waals surface area contributed by atoms with Crippen LogP contribution < -0.4 is 11.1 Å². The molecule has 7 heteroatoms. The quantitative estimate of drug-likeness (QED) is 0.780. The molecule has 3 rings (SSSR count). The van der Waals surface area contributed by atoms with Crippen LogP contribution in [-0.4, -0.2) is 33.8 Å².